The van der Waals surface area contributed by atoms with E-state index in [0.29, 0.717) is 30.3 Å². The number of pyridine rings is 1. The number of benzene rings is 1. The quantitative estimate of drug-likeness (QED) is 0.725. The fourth-order valence-electron chi connectivity index (χ4n) is 1.69. The van der Waals surface area contributed by atoms with E-state index >= 15 is 0 Å². The molecule has 0 N–H and O–H groups in total. The van der Waals surface area contributed by atoms with E-state index in [1.807, 2.05) is 19.1 Å². The van der Waals surface area contributed by atoms with Crippen molar-refractivity contribution in [1.82, 2.24) is 4.98 Å². The summed E-state index contributed by atoms with van der Waals surface area (Å²) in [6, 6.07) is 8.99. The van der Waals surface area contributed by atoms with Gasteiger partial charge in [-0.1, -0.05) is 13.0 Å². The van der Waals surface area contributed by atoms with Crippen LogP contribution in [0.5, 0.6) is 11.5 Å². The summed E-state index contributed by atoms with van der Waals surface area (Å²) in [4.78, 5) is 15.1. The molecule has 2 aromatic rings. The van der Waals surface area contributed by atoms with E-state index in [2.05, 4.69) is 4.98 Å². The maximum absolute atomic E-state index is 11.0. The summed E-state index contributed by atoms with van der Waals surface area (Å²) in [6.07, 6.45) is 5.15. The van der Waals surface area contributed by atoms with E-state index in [0.717, 1.165) is 18.3 Å². The zero-order chi connectivity index (χ0) is 14.2. The molecule has 0 unspecified atom stereocenters. The van der Waals surface area contributed by atoms with Crippen molar-refractivity contribution in [2.75, 3.05) is 6.61 Å². The Bertz CT molecular complexity index is 555. The molecule has 2 rings (SSSR count). The number of carbonyl (C=O) groups is 1. The molecular weight excluding hydrogens is 254 g/mol. The van der Waals surface area contributed by atoms with Gasteiger partial charge in [0.05, 0.1) is 12.2 Å². The number of aromatic nitrogens is 1. The van der Waals surface area contributed by atoms with Crippen LogP contribution in [-0.2, 0) is 6.61 Å². The minimum Gasteiger partial charge on any atom is -0.493 e. The molecule has 1 aromatic carbocycles. The van der Waals surface area contributed by atoms with Gasteiger partial charge in [-0.3, -0.25) is 9.78 Å². The smallest absolute Gasteiger partial charge is 0.153 e. The Morgan fingerprint density at radius 1 is 1.25 bits per heavy atom. The first-order valence-corrected chi connectivity index (χ1v) is 6.57. The molecule has 4 nitrogen and oxygen atoms in total. The molecule has 0 aliphatic carbocycles. The first-order chi connectivity index (χ1) is 9.83. The van der Waals surface area contributed by atoms with Gasteiger partial charge in [0.15, 0.2) is 6.29 Å². The third-order valence-corrected chi connectivity index (χ3v) is 2.70. The molecule has 0 aliphatic rings. The Labute approximate surface area is 118 Å². The highest BCUT2D eigenvalue weighted by Gasteiger charge is 2.06. The molecule has 4 heteroatoms. The van der Waals surface area contributed by atoms with Crippen molar-refractivity contribution in [3.8, 4) is 11.5 Å². The van der Waals surface area contributed by atoms with Crippen molar-refractivity contribution >= 4 is 6.29 Å². The van der Waals surface area contributed by atoms with Crippen LogP contribution in [0, 0.1) is 0 Å². The van der Waals surface area contributed by atoms with Gasteiger partial charge >= 0.3 is 0 Å². The predicted octanol–water partition coefficient (Wildman–Crippen LogP) is 3.26. The number of aldehydes is 1. The molecule has 1 aromatic heterocycles. The van der Waals surface area contributed by atoms with E-state index in [9.17, 15) is 4.79 Å². The third kappa shape index (κ3) is 3.82. The molecule has 104 valence electrons. The molecule has 1 heterocycles. The number of carbonyl (C=O) groups excluding carboxylic acids is 1. The van der Waals surface area contributed by atoms with E-state index < -0.39 is 0 Å². The zero-order valence-electron chi connectivity index (χ0n) is 11.4. The monoisotopic (exact) mass is 271 g/mol. The van der Waals surface area contributed by atoms with Crippen LogP contribution in [0.1, 0.15) is 29.3 Å². The first-order valence-electron chi connectivity index (χ1n) is 6.57. The summed E-state index contributed by atoms with van der Waals surface area (Å²) >= 11 is 0. The van der Waals surface area contributed by atoms with Crippen molar-refractivity contribution < 1.29 is 14.3 Å². The highest BCUT2D eigenvalue weighted by atomic mass is 16.5. The topological polar surface area (TPSA) is 48.4 Å². The molecule has 0 spiro atoms. The van der Waals surface area contributed by atoms with Gasteiger partial charge in [0.2, 0.25) is 0 Å². The van der Waals surface area contributed by atoms with E-state index in [1.165, 1.54) is 0 Å². The lowest BCUT2D eigenvalue weighted by atomic mass is 10.2. The number of rotatable bonds is 7. The van der Waals surface area contributed by atoms with E-state index in [1.54, 1.807) is 30.6 Å². The molecule has 0 atom stereocenters. The molecule has 0 fully saturated rings. The van der Waals surface area contributed by atoms with Crippen molar-refractivity contribution in [2.24, 2.45) is 0 Å². The van der Waals surface area contributed by atoms with Crippen LogP contribution in [-0.4, -0.2) is 17.9 Å². The molecular formula is C16H17NO3. The van der Waals surface area contributed by atoms with Gasteiger partial charge in [-0.05, 0) is 24.6 Å². The maximum atomic E-state index is 11.0. The zero-order valence-corrected chi connectivity index (χ0v) is 11.4. The van der Waals surface area contributed by atoms with Crippen LogP contribution in [0.4, 0.5) is 0 Å². The summed E-state index contributed by atoms with van der Waals surface area (Å²) in [6.45, 7) is 3.05. The summed E-state index contributed by atoms with van der Waals surface area (Å²) in [7, 11) is 0. The van der Waals surface area contributed by atoms with Crippen molar-refractivity contribution in [2.45, 2.75) is 20.0 Å². The Hall–Kier alpha value is -2.36. The minimum atomic E-state index is 0.367. The second-order valence-electron chi connectivity index (χ2n) is 4.32. The average molecular weight is 271 g/mol. The Morgan fingerprint density at radius 2 is 2.15 bits per heavy atom. The normalized spacial score (nSPS) is 10.1. The van der Waals surface area contributed by atoms with Gasteiger partial charge in [0.1, 0.15) is 18.1 Å². The summed E-state index contributed by atoms with van der Waals surface area (Å²) in [5.41, 5.74) is 1.46. The van der Waals surface area contributed by atoms with Crippen LogP contribution >= 0.6 is 0 Å². The highest BCUT2D eigenvalue weighted by molar-refractivity contribution is 5.79. The SMILES string of the molecule is CCCOc1ccc(C=O)c(OCc2cccnc2)c1. The summed E-state index contributed by atoms with van der Waals surface area (Å²) < 4.78 is 11.2. The first kappa shape index (κ1) is 14.1. The van der Waals surface area contributed by atoms with Crippen molar-refractivity contribution in [3.05, 3.63) is 53.9 Å². The molecule has 0 radical (unpaired) electrons. The van der Waals surface area contributed by atoms with E-state index in [4.69, 9.17) is 9.47 Å². The summed E-state index contributed by atoms with van der Waals surface area (Å²) in [5, 5.41) is 0. The second-order valence-corrected chi connectivity index (χ2v) is 4.32. The van der Waals surface area contributed by atoms with Gasteiger partial charge in [-0.15, -0.1) is 0 Å². The Kier molecular flexibility index (Phi) is 5.12. The highest BCUT2D eigenvalue weighted by Crippen LogP contribution is 2.24. The third-order valence-electron chi connectivity index (χ3n) is 2.70. The fourth-order valence-corrected chi connectivity index (χ4v) is 1.69. The molecule has 0 amide bonds. The average Bonchev–Trinajstić information content (AvgIpc) is 2.52. The number of nitrogens with zero attached hydrogens (tertiary/aromatic N) is 1. The lowest BCUT2D eigenvalue weighted by Crippen LogP contribution is -2.00. The van der Waals surface area contributed by atoms with Crippen molar-refractivity contribution in [3.63, 3.8) is 0 Å². The van der Waals surface area contributed by atoms with Gasteiger partial charge in [0, 0.05) is 24.0 Å². The van der Waals surface area contributed by atoms with E-state index in [-0.39, 0.29) is 0 Å². The molecule has 0 saturated heterocycles. The van der Waals surface area contributed by atoms with Gasteiger partial charge < -0.3 is 9.47 Å². The van der Waals surface area contributed by atoms with Gasteiger partial charge in [0.25, 0.3) is 0 Å². The Balaban J connectivity index is 2.09. The minimum absolute atomic E-state index is 0.367. The fraction of sp³-hybridized carbons (Fsp3) is 0.250. The molecule has 0 bridgehead atoms. The lowest BCUT2D eigenvalue weighted by Gasteiger charge is -2.11. The second kappa shape index (κ2) is 7.28. The maximum Gasteiger partial charge on any atom is 0.153 e. The predicted molar refractivity (Wildman–Crippen MR) is 76.2 cm³/mol. The number of hydrogen-bond donors (Lipinski definition) is 0. The molecule has 0 saturated carbocycles. The molecule has 0 aliphatic heterocycles. The van der Waals surface area contributed by atoms with Crippen LogP contribution in [0.15, 0.2) is 42.7 Å². The van der Waals surface area contributed by atoms with Crippen LogP contribution in [0.2, 0.25) is 0 Å². The standard InChI is InChI=1S/C16H17NO3/c1-2-8-19-15-6-5-14(11-18)16(9-15)20-12-13-4-3-7-17-10-13/h3-7,9-11H,2,8,12H2,1H3. The van der Waals surface area contributed by atoms with Crippen LogP contribution < -0.4 is 9.47 Å². The summed E-state index contributed by atoms with van der Waals surface area (Å²) in [5.74, 6) is 1.23. The van der Waals surface area contributed by atoms with Crippen molar-refractivity contribution in [1.29, 1.82) is 0 Å². The number of hydrogen-bond acceptors (Lipinski definition) is 4. The molecule has 20 heavy (non-hydrogen) atoms. The van der Waals surface area contributed by atoms with Gasteiger partial charge in [-0.2, -0.15) is 0 Å². The Morgan fingerprint density at radius 3 is 2.85 bits per heavy atom. The van der Waals surface area contributed by atoms with Gasteiger partial charge in [-0.25, -0.2) is 0 Å². The largest absolute Gasteiger partial charge is 0.493 e. The number of ether oxygens (including phenoxy) is 2. The van der Waals surface area contributed by atoms with Crippen LogP contribution in [0.25, 0.3) is 0 Å². The van der Waals surface area contributed by atoms with Crippen LogP contribution in [0.3, 0.4) is 0 Å². The lowest BCUT2D eigenvalue weighted by molar-refractivity contribution is 0.111.